The Labute approximate surface area is 149 Å². The Hall–Kier alpha value is -2.07. The summed E-state index contributed by atoms with van der Waals surface area (Å²) in [4.78, 5) is 12.1. The average molecular weight is 341 g/mol. The quantitative estimate of drug-likeness (QED) is 0.756. The summed E-state index contributed by atoms with van der Waals surface area (Å²) in [5, 5.41) is 14.5. The van der Waals surface area contributed by atoms with Crippen LogP contribution < -0.4 is 10.1 Å². The fourth-order valence-electron chi connectivity index (χ4n) is 3.53. The molecule has 0 spiro atoms. The Morgan fingerprint density at radius 3 is 2.64 bits per heavy atom. The van der Waals surface area contributed by atoms with Gasteiger partial charge in [-0.25, -0.2) is 0 Å². The van der Waals surface area contributed by atoms with Crippen molar-refractivity contribution >= 4 is 16.7 Å². The first-order valence-corrected chi connectivity index (χ1v) is 9.27. The SMILES string of the molecule is O=C(CCCOc1cccc2ccccc12)NC1CCC(CO)CC1. The van der Waals surface area contributed by atoms with Gasteiger partial charge in [0.25, 0.3) is 0 Å². The first kappa shape index (κ1) is 17.7. The van der Waals surface area contributed by atoms with Crippen LogP contribution in [-0.4, -0.2) is 30.3 Å². The summed E-state index contributed by atoms with van der Waals surface area (Å²) in [5.74, 6) is 1.40. The highest BCUT2D eigenvalue weighted by Crippen LogP contribution is 2.25. The maximum atomic E-state index is 12.1. The van der Waals surface area contributed by atoms with Gasteiger partial charge in [0.2, 0.25) is 5.91 Å². The van der Waals surface area contributed by atoms with Gasteiger partial charge in [-0.2, -0.15) is 0 Å². The molecule has 25 heavy (non-hydrogen) atoms. The van der Waals surface area contributed by atoms with Crippen molar-refractivity contribution < 1.29 is 14.6 Å². The number of rotatable bonds is 7. The Morgan fingerprint density at radius 2 is 1.84 bits per heavy atom. The van der Waals surface area contributed by atoms with E-state index in [-0.39, 0.29) is 18.6 Å². The summed E-state index contributed by atoms with van der Waals surface area (Å²) >= 11 is 0. The fraction of sp³-hybridized carbons (Fsp3) is 0.476. The van der Waals surface area contributed by atoms with Crippen LogP contribution in [0.15, 0.2) is 42.5 Å². The molecule has 0 radical (unpaired) electrons. The largest absolute Gasteiger partial charge is 0.493 e. The smallest absolute Gasteiger partial charge is 0.220 e. The molecular formula is C21H27NO3. The van der Waals surface area contributed by atoms with Gasteiger partial charge in [0.15, 0.2) is 0 Å². The number of hydrogen-bond acceptors (Lipinski definition) is 3. The summed E-state index contributed by atoms with van der Waals surface area (Å²) in [7, 11) is 0. The molecule has 1 aliphatic rings. The lowest BCUT2D eigenvalue weighted by atomic mass is 9.86. The topological polar surface area (TPSA) is 58.6 Å². The summed E-state index contributed by atoms with van der Waals surface area (Å²) in [6.45, 7) is 0.810. The second-order valence-electron chi connectivity index (χ2n) is 6.90. The number of carbonyl (C=O) groups excluding carboxylic acids is 1. The number of aliphatic hydroxyl groups is 1. The fourth-order valence-corrected chi connectivity index (χ4v) is 3.53. The number of ether oxygens (including phenoxy) is 1. The van der Waals surface area contributed by atoms with Gasteiger partial charge in [-0.1, -0.05) is 36.4 Å². The van der Waals surface area contributed by atoms with E-state index < -0.39 is 0 Å². The van der Waals surface area contributed by atoms with Crippen molar-refractivity contribution in [3.63, 3.8) is 0 Å². The Bertz CT molecular complexity index is 687. The molecular weight excluding hydrogens is 314 g/mol. The van der Waals surface area contributed by atoms with Gasteiger partial charge in [0.05, 0.1) is 6.61 Å². The van der Waals surface area contributed by atoms with Crippen molar-refractivity contribution in [2.45, 2.75) is 44.6 Å². The molecule has 0 unspecified atom stereocenters. The zero-order chi connectivity index (χ0) is 17.5. The molecule has 4 nitrogen and oxygen atoms in total. The number of benzene rings is 2. The van der Waals surface area contributed by atoms with Crippen LogP contribution in [-0.2, 0) is 4.79 Å². The Kier molecular flexibility index (Phi) is 6.29. The minimum absolute atomic E-state index is 0.106. The van der Waals surface area contributed by atoms with Crippen LogP contribution in [0.5, 0.6) is 5.75 Å². The number of carbonyl (C=O) groups is 1. The molecule has 1 fully saturated rings. The second-order valence-corrected chi connectivity index (χ2v) is 6.90. The number of hydrogen-bond donors (Lipinski definition) is 2. The van der Waals surface area contributed by atoms with Gasteiger partial charge in [-0.05, 0) is 49.5 Å². The molecule has 2 aromatic carbocycles. The van der Waals surface area contributed by atoms with Gasteiger partial charge in [-0.15, -0.1) is 0 Å². The van der Waals surface area contributed by atoms with Crippen LogP contribution in [0.25, 0.3) is 10.8 Å². The second kappa shape index (κ2) is 8.86. The van der Waals surface area contributed by atoms with Crippen LogP contribution >= 0.6 is 0 Å². The van der Waals surface area contributed by atoms with E-state index in [0.717, 1.165) is 42.2 Å². The molecule has 1 amide bonds. The van der Waals surface area contributed by atoms with Gasteiger partial charge >= 0.3 is 0 Å². The monoisotopic (exact) mass is 341 g/mol. The standard InChI is InChI=1S/C21H27NO3/c23-15-16-10-12-18(13-11-16)22-21(24)9-4-14-25-20-8-3-6-17-5-1-2-7-19(17)20/h1-3,5-8,16,18,23H,4,9-15H2,(H,22,24). The van der Waals surface area contributed by atoms with E-state index in [9.17, 15) is 4.79 Å². The summed E-state index contributed by atoms with van der Waals surface area (Å²) in [6, 6.07) is 14.5. The predicted octanol–water partition coefficient (Wildman–Crippen LogP) is 3.67. The molecule has 0 bridgehead atoms. The van der Waals surface area contributed by atoms with E-state index in [0.29, 0.717) is 25.4 Å². The van der Waals surface area contributed by atoms with Gasteiger partial charge in [0, 0.05) is 24.5 Å². The highest BCUT2D eigenvalue weighted by molar-refractivity contribution is 5.88. The van der Waals surface area contributed by atoms with E-state index in [4.69, 9.17) is 9.84 Å². The molecule has 0 aromatic heterocycles. The van der Waals surface area contributed by atoms with Crippen molar-refractivity contribution in [2.75, 3.05) is 13.2 Å². The van der Waals surface area contributed by atoms with Crippen molar-refractivity contribution in [1.82, 2.24) is 5.32 Å². The zero-order valence-electron chi connectivity index (χ0n) is 14.6. The van der Waals surface area contributed by atoms with Crippen LogP contribution in [0.4, 0.5) is 0 Å². The first-order chi connectivity index (χ1) is 12.3. The number of aliphatic hydroxyl groups excluding tert-OH is 1. The third-order valence-electron chi connectivity index (χ3n) is 5.03. The van der Waals surface area contributed by atoms with Crippen molar-refractivity contribution in [3.05, 3.63) is 42.5 Å². The number of nitrogens with one attached hydrogen (secondary N) is 1. The van der Waals surface area contributed by atoms with Crippen LogP contribution in [0, 0.1) is 5.92 Å². The van der Waals surface area contributed by atoms with Gasteiger partial charge in [-0.3, -0.25) is 4.79 Å². The lowest BCUT2D eigenvalue weighted by Crippen LogP contribution is -2.38. The van der Waals surface area contributed by atoms with Crippen molar-refractivity contribution in [2.24, 2.45) is 5.92 Å². The number of amides is 1. The minimum Gasteiger partial charge on any atom is -0.493 e. The molecule has 0 saturated heterocycles. The summed E-state index contributed by atoms with van der Waals surface area (Å²) in [6.07, 6.45) is 5.16. The maximum absolute atomic E-state index is 12.1. The van der Waals surface area contributed by atoms with Gasteiger partial charge < -0.3 is 15.2 Å². The van der Waals surface area contributed by atoms with E-state index in [1.54, 1.807) is 0 Å². The minimum atomic E-state index is 0.106. The highest BCUT2D eigenvalue weighted by atomic mass is 16.5. The van der Waals surface area contributed by atoms with Crippen molar-refractivity contribution in [3.8, 4) is 5.75 Å². The van der Waals surface area contributed by atoms with Crippen LogP contribution in [0.1, 0.15) is 38.5 Å². The molecule has 0 aliphatic heterocycles. The lowest BCUT2D eigenvalue weighted by Gasteiger charge is -2.27. The maximum Gasteiger partial charge on any atom is 0.220 e. The third kappa shape index (κ3) is 4.95. The number of fused-ring (bicyclic) bond motifs is 1. The third-order valence-corrected chi connectivity index (χ3v) is 5.03. The molecule has 3 rings (SSSR count). The predicted molar refractivity (Wildman–Crippen MR) is 99.7 cm³/mol. The molecule has 2 N–H and O–H groups in total. The molecule has 134 valence electrons. The van der Waals surface area contributed by atoms with E-state index >= 15 is 0 Å². The van der Waals surface area contributed by atoms with Crippen molar-refractivity contribution in [1.29, 1.82) is 0 Å². The lowest BCUT2D eigenvalue weighted by molar-refractivity contribution is -0.122. The molecule has 2 aromatic rings. The molecule has 4 heteroatoms. The van der Waals surface area contributed by atoms with Crippen LogP contribution in [0.3, 0.4) is 0 Å². The van der Waals surface area contributed by atoms with Crippen LogP contribution in [0.2, 0.25) is 0 Å². The van der Waals surface area contributed by atoms with Gasteiger partial charge in [0.1, 0.15) is 5.75 Å². The normalized spacial score (nSPS) is 20.4. The highest BCUT2D eigenvalue weighted by Gasteiger charge is 2.21. The van der Waals surface area contributed by atoms with E-state index in [1.165, 1.54) is 0 Å². The Balaban J connectivity index is 1.39. The summed E-state index contributed by atoms with van der Waals surface area (Å²) < 4.78 is 5.88. The Morgan fingerprint density at radius 1 is 1.08 bits per heavy atom. The molecule has 1 aliphatic carbocycles. The zero-order valence-corrected chi connectivity index (χ0v) is 14.6. The van der Waals surface area contributed by atoms with E-state index in [2.05, 4.69) is 23.5 Å². The van der Waals surface area contributed by atoms with E-state index in [1.807, 2.05) is 24.3 Å². The average Bonchev–Trinajstić information content (AvgIpc) is 2.66. The first-order valence-electron chi connectivity index (χ1n) is 9.27. The summed E-state index contributed by atoms with van der Waals surface area (Å²) in [5.41, 5.74) is 0. The molecule has 0 heterocycles. The molecule has 1 saturated carbocycles. The molecule has 0 atom stereocenters.